The highest BCUT2D eigenvalue weighted by Crippen LogP contribution is 2.45. The predicted molar refractivity (Wildman–Crippen MR) is 405 cm³/mol. The van der Waals surface area contributed by atoms with Gasteiger partial charge >= 0.3 is 39.5 Å². The van der Waals surface area contributed by atoms with Crippen LogP contribution < -0.4 is 0 Å². The molecule has 0 aliphatic heterocycles. The summed E-state index contributed by atoms with van der Waals surface area (Å²) in [5.41, 5.74) is 0. The summed E-state index contributed by atoms with van der Waals surface area (Å²) >= 11 is 0. The van der Waals surface area contributed by atoms with Crippen LogP contribution in [0.2, 0.25) is 0 Å². The van der Waals surface area contributed by atoms with Gasteiger partial charge in [0.2, 0.25) is 0 Å². The van der Waals surface area contributed by atoms with Crippen LogP contribution in [0.25, 0.3) is 0 Å². The maximum Gasteiger partial charge on any atom is 0.472 e. The molecule has 0 aliphatic rings. The second-order valence-corrected chi connectivity index (χ2v) is 33.1. The summed E-state index contributed by atoms with van der Waals surface area (Å²) in [7, 11) is -9.92. The Bertz CT molecular complexity index is 1920. The van der Waals surface area contributed by atoms with Crippen molar-refractivity contribution in [1.29, 1.82) is 0 Å². The van der Waals surface area contributed by atoms with Gasteiger partial charge in [0.1, 0.15) is 19.3 Å². The van der Waals surface area contributed by atoms with Gasteiger partial charge in [0.05, 0.1) is 26.4 Å². The van der Waals surface area contributed by atoms with Crippen LogP contribution in [-0.2, 0) is 65.4 Å². The van der Waals surface area contributed by atoms with Crippen molar-refractivity contribution in [2.45, 2.75) is 433 Å². The molecule has 0 fully saturated rings. The van der Waals surface area contributed by atoms with Gasteiger partial charge in [-0.3, -0.25) is 37.3 Å². The quantitative estimate of drug-likeness (QED) is 0.0222. The number of ether oxygens (including phenoxy) is 4. The molecule has 17 nitrogen and oxygen atoms in total. The lowest BCUT2D eigenvalue weighted by molar-refractivity contribution is -0.161. The van der Waals surface area contributed by atoms with Crippen molar-refractivity contribution < 1.29 is 80.2 Å². The zero-order valence-corrected chi connectivity index (χ0v) is 66.8. The van der Waals surface area contributed by atoms with Gasteiger partial charge in [-0.05, 0) is 43.4 Å². The molecule has 0 aliphatic carbocycles. The standard InChI is InChI=1S/C80H156O17P2/c1-8-9-10-11-12-13-14-15-16-17-20-23-28-33-40-47-54-61-77(82)90-67-75(96-79(84)63-56-49-41-34-29-24-21-18-19-22-26-31-37-44-51-58-71(2)3)69-94-98(86,87)92-65-74(81)66-93-99(88,89)95-70-76(68-91-78(83)62-55-48-43-36-39-46-53-60-73(6)7)97-80(85)64-57-50-42-35-30-25-27-32-38-45-52-59-72(4)5/h71-76,81H,8-70H2,1-7H3,(H,86,87)(H,88,89)/t74-,75-,76-/m1/s1. The molecule has 588 valence electrons. The zero-order valence-electron chi connectivity index (χ0n) is 65.0. The maximum absolute atomic E-state index is 13.1. The Kier molecular flexibility index (Phi) is 69.0. The van der Waals surface area contributed by atoms with Crippen molar-refractivity contribution in [1.82, 2.24) is 0 Å². The number of phosphoric ester groups is 2. The Balaban J connectivity index is 5.24. The third-order valence-electron chi connectivity index (χ3n) is 18.6. The van der Waals surface area contributed by atoms with Gasteiger partial charge in [-0.25, -0.2) is 9.13 Å². The molecule has 19 heteroatoms. The van der Waals surface area contributed by atoms with Crippen LogP contribution in [-0.4, -0.2) is 96.7 Å². The molecule has 0 saturated carbocycles. The van der Waals surface area contributed by atoms with E-state index in [9.17, 15) is 43.2 Å². The summed E-state index contributed by atoms with van der Waals surface area (Å²) in [6.07, 6.45) is 58.3. The second-order valence-electron chi connectivity index (χ2n) is 30.2. The molecule has 0 aromatic rings. The van der Waals surface area contributed by atoms with Gasteiger partial charge in [-0.2, -0.15) is 0 Å². The van der Waals surface area contributed by atoms with Crippen molar-refractivity contribution in [3.8, 4) is 0 Å². The Hall–Kier alpha value is -1.94. The molecule has 0 saturated heterocycles. The smallest absolute Gasteiger partial charge is 0.462 e. The molecule has 3 N–H and O–H groups in total. The lowest BCUT2D eigenvalue weighted by Gasteiger charge is -2.21. The molecule has 0 amide bonds. The topological polar surface area (TPSA) is 237 Å². The van der Waals surface area contributed by atoms with Crippen LogP contribution >= 0.6 is 15.6 Å². The Morgan fingerprint density at radius 1 is 0.273 bits per heavy atom. The van der Waals surface area contributed by atoms with E-state index >= 15 is 0 Å². The van der Waals surface area contributed by atoms with Crippen LogP contribution in [0, 0.1) is 17.8 Å². The SMILES string of the molecule is CCCCCCCCCCCCCCCCCCCC(=O)OC[C@H](COP(=O)(O)OC[C@@H](O)COP(=O)(O)OC[C@@H](COC(=O)CCCCCCCCCC(C)C)OC(=O)CCCCCCCCCCCCCC(C)C)OC(=O)CCCCCCCCCCCCCCCCCC(C)C. The van der Waals surface area contributed by atoms with Crippen molar-refractivity contribution >= 4 is 39.5 Å². The highest BCUT2D eigenvalue weighted by Gasteiger charge is 2.30. The molecule has 2 unspecified atom stereocenters. The fourth-order valence-electron chi connectivity index (χ4n) is 12.3. The second kappa shape index (κ2) is 70.4. The van der Waals surface area contributed by atoms with Gasteiger partial charge in [0.25, 0.3) is 0 Å². The maximum atomic E-state index is 13.1. The third-order valence-corrected chi connectivity index (χ3v) is 20.5. The predicted octanol–water partition coefficient (Wildman–Crippen LogP) is 23.7. The van der Waals surface area contributed by atoms with Crippen LogP contribution in [0.5, 0.6) is 0 Å². The summed E-state index contributed by atoms with van der Waals surface area (Å²) in [6, 6.07) is 0. The normalized spacial score (nSPS) is 14.0. The van der Waals surface area contributed by atoms with Gasteiger partial charge in [0, 0.05) is 25.7 Å². The number of carbonyl (C=O) groups is 4. The molecular weight excluding hydrogens is 1290 g/mol. The molecule has 0 aromatic heterocycles. The lowest BCUT2D eigenvalue weighted by atomic mass is 10.0. The van der Waals surface area contributed by atoms with Crippen molar-refractivity contribution in [2.75, 3.05) is 39.6 Å². The molecular formula is C80H156O17P2. The number of aliphatic hydroxyl groups excluding tert-OH is 1. The van der Waals surface area contributed by atoms with Gasteiger partial charge in [-0.1, -0.05) is 363 Å². The summed E-state index contributed by atoms with van der Waals surface area (Å²) < 4.78 is 68.7. The highest BCUT2D eigenvalue weighted by molar-refractivity contribution is 7.47. The minimum atomic E-state index is -4.96. The minimum Gasteiger partial charge on any atom is -0.462 e. The van der Waals surface area contributed by atoms with Crippen molar-refractivity contribution in [3.05, 3.63) is 0 Å². The van der Waals surface area contributed by atoms with E-state index in [-0.39, 0.29) is 25.7 Å². The van der Waals surface area contributed by atoms with Crippen LogP contribution in [0.15, 0.2) is 0 Å². The molecule has 0 aromatic carbocycles. The number of rotatable bonds is 78. The van der Waals surface area contributed by atoms with Crippen LogP contribution in [0.4, 0.5) is 0 Å². The minimum absolute atomic E-state index is 0.106. The van der Waals surface area contributed by atoms with Crippen LogP contribution in [0.1, 0.15) is 414 Å². The first-order valence-electron chi connectivity index (χ1n) is 41.3. The lowest BCUT2D eigenvalue weighted by Crippen LogP contribution is -2.30. The number of hydrogen-bond acceptors (Lipinski definition) is 15. The van der Waals surface area contributed by atoms with E-state index in [4.69, 9.17) is 37.0 Å². The van der Waals surface area contributed by atoms with Gasteiger partial charge in [-0.15, -0.1) is 0 Å². The number of hydrogen-bond donors (Lipinski definition) is 3. The van der Waals surface area contributed by atoms with E-state index in [1.54, 1.807) is 0 Å². The number of esters is 4. The summed E-state index contributed by atoms with van der Waals surface area (Å²) in [5, 5.41) is 10.6. The molecule has 0 radical (unpaired) electrons. The Labute approximate surface area is 607 Å². The molecule has 0 heterocycles. The molecule has 0 spiro atoms. The van der Waals surface area contributed by atoms with E-state index in [0.717, 1.165) is 108 Å². The van der Waals surface area contributed by atoms with Gasteiger partial charge in [0.15, 0.2) is 12.2 Å². The van der Waals surface area contributed by atoms with E-state index in [0.29, 0.717) is 31.6 Å². The number of aliphatic hydroxyl groups is 1. The number of phosphoric acid groups is 2. The fraction of sp³-hybridized carbons (Fsp3) is 0.950. The van der Waals surface area contributed by atoms with Crippen molar-refractivity contribution in [3.63, 3.8) is 0 Å². The van der Waals surface area contributed by atoms with Crippen LogP contribution in [0.3, 0.4) is 0 Å². The zero-order chi connectivity index (χ0) is 73.0. The number of unbranched alkanes of at least 4 members (excludes halogenated alkanes) is 46. The third kappa shape index (κ3) is 74.1. The summed E-state index contributed by atoms with van der Waals surface area (Å²) in [6.45, 7) is 11.9. The average Bonchev–Trinajstić information content (AvgIpc) is 1.27. The molecule has 0 bridgehead atoms. The summed E-state index contributed by atoms with van der Waals surface area (Å²) in [5.74, 6) is 0.160. The Morgan fingerprint density at radius 3 is 0.687 bits per heavy atom. The van der Waals surface area contributed by atoms with Crippen molar-refractivity contribution in [2.24, 2.45) is 17.8 Å². The monoisotopic (exact) mass is 1450 g/mol. The van der Waals surface area contributed by atoms with E-state index in [1.807, 2.05) is 0 Å². The molecule has 5 atom stereocenters. The summed E-state index contributed by atoms with van der Waals surface area (Å²) in [4.78, 5) is 73.0. The highest BCUT2D eigenvalue weighted by atomic mass is 31.2. The first-order chi connectivity index (χ1) is 47.7. The average molecular weight is 1450 g/mol. The Morgan fingerprint density at radius 2 is 0.465 bits per heavy atom. The fourth-order valence-corrected chi connectivity index (χ4v) is 13.9. The first-order valence-corrected chi connectivity index (χ1v) is 44.3. The molecule has 99 heavy (non-hydrogen) atoms. The van der Waals surface area contributed by atoms with E-state index < -0.39 is 97.5 Å². The first kappa shape index (κ1) is 97.1. The largest absolute Gasteiger partial charge is 0.472 e. The number of carbonyl (C=O) groups excluding carboxylic acids is 4. The van der Waals surface area contributed by atoms with E-state index in [1.165, 1.54) is 218 Å². The van der Waals surface area contributed by atoms with E-state index in [2.05, 4.69) is 48.5 Å². The molecule has 0 rings (SSSR count). The van der Waals surface area contributed by atoms with Gasteiger partial charge < -0.3 is 33.8 Å².